The lowest BCUT2D eigenvalue weighted by molar-refractivity contribution is 1.07. The van der Waals surface area contributed by atoms with Crippen molar-refractivity contribution in [1.29, 1.82) is 0 Å². The van der Waals surface area contributed by atoms with E-state index in [1.54, 1.807) is 11.3 Å². The second-order valence-electron chi connectivity index (χ2n) is 3.13. The third-order valence-corrected chi connectivity index (χ3v) is 3.09. The Balaban J connectivity index is 2.29. The summed E-state index contributed by atoms with van der Waals surface area (Å²) < 4.78 is 0. The highest BCUT2D eigenvalue weighted by Crippen LogP contribution is 2.28. The number of rotatable bonds is 3. The van der Waals surface area contributed by atoms with Gasteiger partial charge in [-0.1, -0.05) is 0 Å². The molecule has 2 rings (SSSR count). The fourth-order valence-corrected chi connectivity index (χ4v) is 2.25. The smallest absolute Gasteiger partial charge is 0.148 e. The first kappa shape index (κ1) is 9.27. The van der Waals surface area contributed by atoms with Gasteiger partial charge in [0.05, 0.1) is 10.6 Å². The number of hydrogen-bond acceptors (Lipinski definition) is 3. The summed E-state index contributed by atoms with van der Waals surface area (Å²) in [5.41, 5.74) is 2.38. The first-order valence-electron chi connectivity index (χ1n) is 4.65. The Labute approximate surface area is 87.2 Å². The van der Waals surface area contributed by atoms with Gasteiger partial charge in [0, 0.05) is 12.6 Å². The molecule has 3 nitrogen and oxygen atoms in total. The van der Waals surface area contributed by atoms with Gasteiger partial charge in [-0.15, -0.1) is 11.3 Å². The molecule has 2 aromatic heterocycles. The molecule has 0 amide bonds. The fraction of sp³-hybridized carbons (Fsp3) is 0.300. The SMILES string of the molecule is CCNc1cc(-c2sccc2C)[nH]n1. The van der Waals surface area contributed by atoms with E-state index in [0.29, 0.717) is 0 Å². The van der Waals surface area contributed by atoms with Crippen LogP contribution in [0, 0.1) is 6.92 Å². The molecule has 0 spiro atoms. The van der Waals surface area contributed by atoms with E-state index < -0.39 is 0 Å². The van der Waals surface area contributed by atoms with E-state index in [0.717, 1.165) is 18.1 Å². The highest BCUT2D eigenvalue weighted by molar-refractivity contribution is 7.13. The number of anilines is 1. The molecule has 14 heavy (non-hydrogen) atoms. The van der Waals surface area contributed by atoms with Crippen LogP contribution in [0.1, 0.15) is 12.5 Å². The van der Waals surface area contributed by atoms with Crippen LogP contribution in [0.5, 0.6) is 0 Å². The van der Waals surface area contributed by atoms with Gasteiger partial charge >= 0.3 is 0 Å². The number of nitrogens with zero attached hydrogens (tertiary/aromatic N) is 1. The lowest BCUT2D eigenvalue weighted by atomic mass is 10.2. The van der Waals surface area contributed by atoms with Crippen molar-refractivity contribution < 1.29 is 0 Å². The van der Waals surface area contributed by atoms with Crippen LogP contribution in [0.25, 0.3) is 10.6 Å². The van der Waals surface area contributed by atoms with Crippen LogP contribution in [-0.2, 0) is 0 Å². The average molecular weight is 207 g/mol. The van der Waals surface area contributed by atoms with E-state index in [2.05, 4.69) is 40.8 Å². The largest absolute Gasteiger partial charge is 0.369 e. The van der Waals surface area contributed by atoms with Crippen molar-refractivity contribution in [2.24, 2.45) is 0 Å². The zero-order chi connectivity index (χ0) is 9.97. The summed E-state index contributed by atoms with van der Waals surface area (Å²) in [5.74, 6) is 0.912. The molecule has 0 saturated heterocycles. The van der Waals surface area contributed by atoms with Gasteiger partial charge in [0.25, 0.3) is 0 Å². The van der Waals surface area contributed by atoms with E-state index in [1.165, 1.54) is 10.4 Å². The molecule has 0 atom stereocenters. The first-order chi connectivity index (χ1) is 6.81. The maximum atomic E-state index is 4.17. The van der Waals surface area contributed by atoms with Crippen molar-refractivity contribution in [3.8, 4) is 10.6 Å². The van der Waals surface area contributed by atoms with Gasteiger partial charge in [-0.25, -0.2) is 0 Å². The van der Waals surface area contributed by atoms with Gasteiger partial charge in [0.1, 0.15) is 5.82 Å². The molecule has 0 unspecified atom stereocenters. The Morgan fingerprint density at radius 3 is 3.07 bits per heavy atom. The van der Waals surface area contributed by atoms with Gasteiger partial charge in [-0.2, -0.15) is 5.10 Å². The summed E-state index contributed by atoms with van der Waals surface area (Å²) in [5, 5.41) is 12.5. The zero-order valence-corrected chi connectivity index (χ0v) is 9.11. The van der Waals surface area contributed by atoms with Gasteiger partial charge in [0.15, 0.2) is 0 Å². The van der Waals surface area contributed by atoms with Gasteiger partial charge in [0.2, 0.25) is 0 Å². The van der Waals surface area contributed by atoms with Crippen molar-refractivity contribution in [2.45, 2.75) is 13.8 Å². The zero-order valence-electron chi connectivity index (χ0n) is 8.29. The van der Waals surface area contributed by atoms with Crippen LogP contribution in [0.4, 0.5) is 5.82 Å². The number of thiophene rings is 1. The summed E-state index contributed by atoms with van der Waals surface area (Å²) in [6, 6.07) is 4.16. The number of aryl methyl sites for hydroxylation is 1. The predicted molar refractivity (Wildman–Crippen MR) is 60.8 cm³/mol. The van der Waals surface area contributed by atoms with Crippen LogP contribution >= 0.6 is 11.3 Å². The van der Waals surface area contributed by atoms with Crippen LogP contribution < -0.4 is 5.32 Å². The van der Waals surface area contributed by atoms with Gasteiger partial charge < -0.3 is 5.32 Å². The van der Waals surface area contributed by atoms with E-state index in [4.69, 9.17) is 0 Å². The maximum Gasteiger partial charge on any atom is 0.148 e. The molecule has 2 heterocycles. The molecule has 0 aliphatic heterocycles. The molecule has 0 bridgehead atoms. The summed E-state index contributed by atoms with van der Waals surface area (Å²) in [6.07, 6.45) is 0. The molecule has 0 saturated carbocycles. The van der Waals surface area contributed by atoms with Crippen molar-refractivity contribution in [2.75, 3.05) is 11.9 Å². The normalized spacial score (nSPS) is 10.4. The van der Waals surface area contributed by atoms with Crippen molar-refractivity contribution in [1.82, 2.24) is 10.2 Å². The Kier molecular flexibility index (Phi) is 2.54. The average Bonchev–Trinajstić information content (AvgIpc) is 2.74. The van der Waals surface area contributed by atoms with Crippen LogP contribution in [0.2, 0.25) is 0 Å². The molecule has 2 aromatic rings. The minimum atomic E-state index is 0.897. The first-order valence-corrected chi connectivity index (χ1v) is 5.53. The number of nitrogens with one attached hydrogen (secondary N) is 2. The fourth-order valence-electron chi connectivity index (χ4n) is 1.36. The quantitative estimate of drug-likeness (QED) is 0.812. The van der Waals surface area contributed by atoms with Crippen molar-refractivity contribution >= 4 is 17.2 Å². The number of H-pyrrole nitrogens is 1. The lowest BCUT2D eigenvalue weighted by Gasteiger charge is -1.93. The van der Waals surface area contributed by atoms with Gasteiger partial charge in [-0.05, 0) is 30.9 Å². The van der Waals surface area contributed by atoms with Crippen LogP contribution in [0.3, 0.4) is 0 Å². The number of hydrogen-bond donors (Lipinski definition) is 2. The highest BCUT2D eigenvalue weighted by atomic mass is 32.1. The van der Waals surface area contributed by atoms with Crippen LogP contribution in [-0.4, -0.2) is 16.7 Å². The minimum absolute atomic E-state index is 0.897. The van der Waals surface area contributed by atoms with E-state index in [-0.39, 0.29) is 0 Å². The van der Waals surface area contributed by atoms with Crippen LogP contribution in [0.15, 0.2) is 17.5 Å². The maximum absolute atomic E-state index is 4.17. The summed E-state index contributed by atoms with van der Waals surface area (Å²) in [6.45, 7) is 5.07. The van der Waals surface area contributed by atoms with E-state index in [9.17, 15) is 0 Å². The number of aromatic amines is 1. The summed E-state index contributed by atoms with van der Waals surface area (Å²) in [7, 11) is 0. The topological polar surface area (TPSA) is 40.7 Å². The Morgan fingerprint density at radius 2 is 2.43 bits per heavy atom. The lowest BCUT2D eigenvalue weighted by Crippen LogP contribution is -1.95. The second kappa shape index (κ2) is 3.84. The molecule has 0 fully saturated rings. The summed E-state index contributed by atoms with van der Waals surface area (Å²) in [4.78, 5) is 1.27. The molecule has 0 aliphatic carbocycles. The minimum Gasteiger partial charge on any atom is -0.369 e. The Hall–Kier alpha value is -1.29. The molecule has 74 valence electrons. The molecule has 0 aliphatic rings. The highest BCUT2D eigenvalue weighted by Gasteiger charge is 2.06. The molecular weight excluding hydrogens is 194 g/mol. The summed E-state index contributed by atoms with van der Waals surface area (Å²) >= 11 is 1.74. The molecular formula is C10H13N3S. The standard InChI is InChI=1S/C10H13N3S/c1-3-11-9-6-8(12-13-9)10-7(2)4-5-14-10/h4-6H,3H2,1-2H3,(H2,11,12,13). The van der Waals surface area contributed by atoms with Crippen molar-refractivity contribution in [3.05, 3.63) is 23.1 Å². The van der Waals surface area contributed by atoms with Crippen molar-refractivity contribution in [3.63, 3.8) is 0 Å². The molecule has 0 radical (unpaired) electrons. The monoisotopic (exact) mass is 207 g/mol. The third kappa shape index (κ3) is 1.65. The van der Waals surface area contributed by atoms with Gasteiger partial charge in [-0.3, -0.25) is 5.10 Å². The third-order valence-electron chi connectivity index (χ3n) is 2.04. The van der Waals surface area contributed by atoms with E-state index >= 15 is 0 Å². The Morgan fingerprint density at radius 1 is 1.57 bits per heavy atom. The number of aromatic nitrogens is 2. The molecule has 0 aromatic carbocycles. The second-order valence-corrected chi connectivity index (χ2v) is 4.05. The molecule has 2 N–H and O–H groups in total. The Bertz CT molecular complexity index is 416. The van der Waals surface area contributed by atoms with E-state index in [1.807, 2.05) is 6.07 Å². The molecule has 4 heteroatoms. The predicted octanol–water partition coefficient (Wildman–Crippen LogP) is 2.88.